The number of hydrogen-bond acceptors (Lipinski definition) is 2. The average Bonchev–Trinajstić information content (AvgIpc) is 2.43. The Bertz CT molecular complexity index is 588. The van der Waals surface area contributed by atoms with Gasteiger partial charge in [-0.1, -0.05) is 25.1 Å². The van der Waals surface area contributed by atoms with Crippen LogP contribution in [0.4, 0.5) is 11.4 Å². The maximum Gasteiger partial charge on any atom is 0.255 e. The van der Waals surface area contributed by atoms with Gasteiger partial charge in [0.25, 0.3) is 5.91 Å². The number of hydrogen-bond donors (Lipinski definition) is 2. The molecule has 3 N–H and O–H groups in total. The third kappa shape index (κ3) is 3.13. The molecule has 0 saturated heterocycles. The molecule has 98 valence electrons. The number of nitrogen functional groups attached to an aromatic ring is 1. The molecule has 0 fully saturated rings. The molecule has 3 nitrogen and oxygen atoms in total. The quantitative estimate of drug-likeness (QED) is 0.825. The lowest BCUT2D eigenvalue weighted by atomic mass is 10.1. The van der Waals surface area contributed by atoms with Crippen LogP contribution in [0.5, 0.6) is 0 Å². The summed E-state index contributed by atoms with van der Waals surface area (Å²) in [6.45, 7) is 4.02. The van der Waals surface area contributed by atoms with Crippen molar-refractivity contribution < 1.29 is 4.79 Å². The van der Waals surface area contributed by atoms with Gasteiger partial charge in [-0.3, -0.25) is 4.79 Å². The molecule has 0 aliphatic rings. The molecule has 1 amide bonds. The van der Waals surface area contributed by atoms with Crippen LogP contribution >= 0.6 is 0 Å². The smallest absolute Gasteiger partial charge is 0.255 e. The van der Waals surface area contributed by atoms with Crippen molar-refractivity contribution in [2.45, 2.75) is 20.3 Å². The fourth-order valence-corrected chi connectivity index (χ4v) is 1.81. The second-order valence-electron chi connectivity index (χ2n) is 4.58. The van der Waals surface area contributed by atoms with E-state index in [4.69, 9.17) is 5.73 Å². The summed E-state index contributed by atoms with van der Waals surface area (Å²) in [4.78, 5) is 12.1. The zero-order valence-electron chi connectivity index (χ0n) is 11.2. The van der Waals surface area contributed by atoms with Gasteiger partial charge >= 0.3 is 0 Å². The van der Waals surface area contributed by atoms with E-state index >= 15 is 0 Å². The van der Waals surface area contributed by atoms with Gasteiger partial charge in [0.15, 0.2) is 0 Å². The SMILES string of the molecule is CCc1ccc(C(=O)Nc2ccc(C)c(N)c2)cc1. The summed E-state index contributed by atoms with van der Waals surface area (Å²) in [6.07, 6.45) is 0.969. The summed E-state index contributed by atoms with van der Waals surface area (Å²) in [7, 11) is 0. The molecule has 3 heteroatoms. The molecule has 0 unspecified atom stereocenters. The first-order valence-corrected chi connectivity index (χ1v) is 6.36. The molecule has 0 bridgehead atoms. The summed E-state index contributed by atoms with van der Waals surface area (Å²) in [5.74, 6) is -0.120. The summed E-state index contributed by atoms with van der Waals surface area (Å²) >= 11 is 0. The molecule has 0 atom stereocenters. The van der Waals surface area contributed by atoms with E-state index < -0.39 is 0 Å². The Morgan fingerprint density at radius 1 is 1.16 bits per heavy atom. The van der Waals surface area contributed by atoms with E-state index in [0.717, 1.165) is 12.0 Å². The van der Waals surface area contributed by atoms with Crippen LogP contribution in [0.1, 0.15) is 28.4 Å². The molecule has 0 aliphatic carbocycles. The van der Waals surface area contributed by atoms with E-state index in [0.29, 0.717) is 16.9 Å². The van der Waals surface area contributed by atoms with Gasteiger partial charge in [0.05, 0.1) is 0 Å². The molecule has 0 aliphatic heterocycles. The summed E-state index contributed by atoms with van der Waals surface area (Å²) in [6, 6.07) is 13.1. The number of nitrogens with one attached hydrogen (secondary N) is 1. The zero-order chi connectivity index (χ0) is 13.8. The monoisotopic (exact) mass is 254 g/mol. The van der Waals surface area contributed by atoms with Crippen molar-refractivity contribution in [3.8, 4) is 0 Å². The van der Waals surface area contributed by atoms with Crippen LogP contribution in [-0.4, -0.2) is 5.91 Å². The number of aryl methyl sites for hydroxylation is 2. The van der Waals surface area contributed by atoms with Gasteiger partial charge in [-0.25, -0.2) is 0 Å². The molecule has 0 aromatic heterocycles. The van der Waals surface area contributed by atoms with E-state index in [1.165, 1.54) is 5.56 Å². The van der Waals surface area contributed by atoms with E-state index in [9.17, 15) is 4.79 Å². The normalized spacial score (nSPS) is 10.2. The third-order valence-corrected chi connectivity index (χ3v) is 3.16. The van der Waals surface area contributed by atoms with Crippen LogP contribution in [0.3, 0.4) is 0 Å². The molecule has 0 saturated carbocycles. The van der Waals surface area contributed by atoms with Gasteiger partial charge in [-0.15, -0.1) is 0 Å². The average molecular weight is 254 g/mol. The Morgan fingerprint density at radius 3 is 2.42 bits per heavy atom. The Morgan fingerprint density at radius 2 is 1.84 bits per heavy atom. The lowest BCUT2D eigenvalue weighted by Crippen LogP contribution is -2.12. The maximum absolute atomic E-state index is 12.1. The first kappa shape index (κ1) is 13.1. The fourth-order valence-electron chi connectivity index (χ4n) is 1.81. The van der Waals surface area contributed by atoms with Crippen LogP contribution in [-0.2, 0) is 6.42 Å². The lowest BCUT2D eigenvalue weighted by molar-refractivity contribution is 0.102. The molecule has 0 heterocycles. The van der Waals surface area contributed by atoms with Gasteiger partial charge in [0, 0.05) is 16.9 Å². The van der Waals surface area contributed by atoms with Crippen LogP contribution in [0.25, 0.3) is 0 Å². The Labute approximate surface area is 113 Å². The Kier molecular flexibility index (Phi) is 3.85. The van der Waals surface area contributed by atoms with Crippen molar-refractivity contribution in [3.63, 3.8) is 0 Å². The molecule has 2 aromatic rings. The topological polar surface area (TPSA) is 55.1 Å². The molecule has 0 spiro atoms. The van der Waals surface area contributed by atoms with Crippen molar-refractivity contribution in [2.24, 2.45) is 0 Å². The third-order valence-electron chi connectivity index (χ3n) is 3.16. The van der Waals surface area contributed by atoms with Gasteiger partial charge in [0.2, 0.25) is 0 Å². The zero-order valence-corrected chi connectivity index (χ0v) is 11.2. The van der Waals surface area contributed by atoms with Gasteiger partial charge < -0.3 is 11.1 Å². The minimum atomic E-state index is -0.120. The highest BCUT2D eigenvalue weighted by molar-refractivity contribution is 6.04. The lowest BCUT2D eigenvalue weighted by Gasteiger charge is -2.08. The minimum Gasteiger partial charge on any atom is -0.398 e. The Balaban J connectivity index is 2.13. The fraction of sp³-hybridized carbons (Fsp3) is 0.188. The minimum absolute atomic E-state index is 0.120. The number of amides is 1. The number of anilines is 2. The predicted octanol–water partition coefficient (Wildman–Crippen LogP) is 3.39. The molecular formula is C16H18N2O. The largest absolute Gasteiger partial charge is 0.398 e. The van der Waals surface area contributed by atoms with Crippen molar-refractivity contribution in [1.29, 1.82) is 0 Å². The highest BCUT2D eigenvalue weighted by Crippen LogP contribution is 2.17. The first-order chi connectivity index (χ1) is 9.10. The van der Waals surface area contributed by atoms with Crippen molar-refractivity contribution >= 4 is 17.3 Å². The van der Waals surface area contributed by atoms with Gasteiger partial charge in [-0.05, 0) is 48.7 Å². The van der Waals surface area contributed by atoms with E-state index in [2.05, 4.69) is 12.2 Å². The van der Waals surface area contributed by atoms with Crippen molar-refractivity contribution in [3.05, 3.63) is 59.2 Å². The molecule has 19 heavy (non-hydrogen) atoms. The van der Waals surface area contributed by atoms with E-state index in [1.807, 2.05) is 43.3 Å². The number of rotatable bonds is 3. The van der Waals surface area contributed by atoms with Crippen molar-refractivity contribution in [2.75, 3.05) is 11.1 Å². The number of benzene rings is 2. The van der Waals surface area contributed by atoms with Crippen LogP contribution in [0.15, 0.2) is 42.5 Å². The number of nitrogens with two attached hydrogens (primary N) is 1. The molecular weight excluding hydrogens is 236 g/mol. The van der Waals surface area contributed by atoms with E-state index in [-0.39, 0.29) is 5.91 Å². The van der Waals surface area contributed by atoms with Gasteiger partial charge in [-0.2, -0.15) is 0 Å². The molecule has 2 rings (SSSR count). The second-order valence-corrected chi connectivity index (χ2v) is 4.58. The van der Waals surface area contributed by atoms with E-state index in [1.54, 1.807) is 6.07 Å². The number of carbonyl (C=O) groups is 1. The first-order valence-electron chi connectivity index (χ1n) is 6.36. The van der Waals surface area contributed by atoms with Crippen LogP contribution in [0, 0.1) is 6.92 Å². The van der Waals surface area contributed by atoms with Gasteiger partial charge in [0.1, 0.15) is 0 Å². The Hall–Kier alpha value is -2.29. The summed E-state index contributed by atoms with van der Waals surface area (Å²) in [5, 5.41) is 2.84. The predicted molar refractivity (Wildman–Crippen MR) is 79.4 cm³/mol. The van der Waals surface area contributed by atoms with Crippen LogP contribution in [0.2, 0.25) is 0 Å². The molecule has 2 aromatic carbocycles. The van der Waals surface area contributed by atoms with Crippen molar-refractivity contribution in [1.82, 2.24) is 0 Å². The molecule has 0 radical (unpaired) electrons. The maximum atomic E-state index is 12.1. The van der Waals surface area contributed by atoms with Crippen LogP contribution < -0.4 is 11.1 Å². The second kappa shape index (κ2) is 5.57. The highest BCUT2D eigenvalue weighted by Gasteiger charge is 2.06. The standard InChI is InChI=1S/C16H18N2O/c1-3-12-5-7-13(8-6-12)16(19)18-14-9-4-11(2)15(17)10-14/h4-10H,3,17H2,1-2H3,(H,18,19). The number of carbonyl (C=O) groups excluding carboxylic acids is 1. The summed E-state index contributed by atoms with van der Waals surface area (Å²) < 4.78 is 0. The summed E-state index contributed by atoms with van der Waals surface area (Å²) in [5.41, 5.74) is 10.1. The highest BCUT2D eigenvalue weighted by atomic mass is 16.1.